The number of aryl methyl sites for hydroxylation is 1. The average molecular weight is 549 g/mol. The van der Waals surface area contributed by atoms with Crippen molar-refractivity contribution in [3.8, 4) is 23.8 Å². The van der Waals surface area contributed by atoms with E-state index in [1.165, 1.54) is 61.7 Å². The quantitative estimate of drug-likeness (QED) is 0.112. The highest BCUT2D eigenvalue weighted by molar-refractivity contribution is 5.84. The van der Waals surface area contributed by atoms with Crippen LogP contribution in [0.5, 0.6) is 11.5 Å². The number of hydrogen-bond donors (Lipinski definition) is 0. The molecule has 220 valence electrons. The number of nitrogens with zero attached hydrogens (tertiary/aromatic N) is 2. The molecule has 1 unspecified atom stereocenters. The molecule has 3 heterocycles. The molecule has 0 N–H and O–H groups in total. The van der Waals surface area contributed by atoms with Gasteiger partial charge in [0.1, 0.15) is 17.1 Å². The van der Waals surface area contributed by atoms with Crippen molar-refractivity contribution < 1.29 is 14.3 Å². The third-order valence-corrected chi connectivity index (χ3v) is 9.01. The number of likely N-dealkylation sites (tertiary alicyclic amines) is 1. The summed E-state index contributed by atoms with van der Waals surface area (Å²) in [6.07, 6.45) is 18.9. The minimum Gasteiger partial charge on any atom is -0.483 e. The summed E-state index contributed by atoms with van der Waals surface area (Å²) in [4.78, 5) is 18.0. The van der Waals surface area contributed by atoms with Crippen LogP contribution in [0.25, 0.3) is 5.57 Å². The monoisotopic (exact) mass is 548 g/mol. The summed E-state index contributed by atoms with van der Waals surface area (Å²) < 4.78 is 12.9. The summed E-state index contributed by atoms with van der Waals surface area (Å²) in [6.45, 7) is 14.5. The van der Waals surface area contributed by atoms with E-state index in [9.17, 15) is 4.79 Å². The molecule has 40 heavy (non-hydrogen) atoms. The van der Waals surface area contributed by atoms with Crippen LogP contribution >= 0.6 is 0 Å². The maximum Gasteiger partial charge on any atom is 0.311 e. The predicted octanol–water partition coefficient (Wildman–Crippen LogP) is 7.27. The Hall–Kier alpha value is -2.29. The molecule has 0 bridgehead atoms. The summed E-state index contributed by atoms with van der Waals surface area (Å²) in [5, 5.41) is 0. The number of unbranched alkanes of at least 4 members (excludes halogenated alkanes) is 2. The van der Waals surface area contributed by atoms with Crippen LogP contribution in [0.4, 0.5) is 0 Å². The van der Waals surface area contributed by atoms with E-state index in [4.69, 9.17) is 15.9 Å². The van der Waals surface area contributed by atoms with Gasteiger partial charge in [-0.25, -0.2) is 0 Å². The molecule has 4 rings (SSSR count). The third-order valence-electron chi connectivity index (χ3n) is 9.01. The van der Waals surface area contributed by atoms with E-state index < -0.39 is 5.60 Å². The molecule has 3 aliphatic heterocycles. The van der Waals surface area contributed by atoms with Crippen molar-refractivity contribution in [2.24, 2.45) is 5.92 Å². The largest absolute Gasteiger partial charge is 0.483 e. The molecule has 0 amide bonds. The summed E-state index contributed by atoms with van der Waals surface area (Å²) in [5.74, 6) is 4.85. The first kappa shape index (κ1) is 30.7. The van der Waals surface area contributed by atoms with Gasteiger partial charge in [0.25, 0.3) is 0 Å². The van der Waals surface area contributed by atoms with Crippen molar-refractivity contribution in [2.75, 3.05) is 39.3 Å². The lowest BCUT2D eigenvalue weighted by Crippen LogP contribution is -2.42. The number of esters is 1. The van der Waals surface area contributed by atoms with Crippen LogP contribution < -0.4 is 9.47 Å². The maximum atomic E-state index is 13.2. The van der Waals surface area contributed by atoms with Crippen molar-refractivity contribution in [1.82, 2.24) is 9.80 Å². The number of piperidine rings is 1. The van der Waals surface area contributed by atoms with Crippen LogP contribution in [0, 0.1) is 18.3 Å². The Morgan fingerprint density at radius 1 is 1.10 bits per heavy atom. The van der Waals surface area contributed by atoms with Gasteiger partial charge < -0.3 is 14.4 Å². The van der Waals surface area contributed by atoms with Gasteiger partial charge in [0.15, 0.2) is 0 Å². The molecular weight excluding hydrogens is 496 g/mol. The van der Waals surface area contributed by atoms with Gasteiger partial charge in [-0.1, -0.05) is 51.9 Å². The number of benzene rings is 1. The fourth-order valence-corrected chi connectivity index (χ4v) is 6.66. The molecule has 0 spiro atoms. The summed E-state index contributed by atoms with van der Waals surface area (Å²) in [5.41, 5.74) is 4.27. The molecular formula is C35H52N2O3. The van der Waals surface area contributed by atoms with Gasteiger partial charge in [0.2, 0.25) is 0 Å². The molecule has 1 atom stereocenters. The first-order chi connectivity index (χ1) is 19.3. The van der Waals surface area contributed by atoms with Gasteiger partial charge in [0, 0.05) is 19.5 Å². The Morgan fingerprint density at radius 2 is 1.90 bits per heavy atom. The molecule has 1 saturated heterocycles. The van der Waals surface area contributed by atoms with Gasteiger partial charge in [-0.3, -0.25) is 9.69 Å². The van der Waals surface area contributed by atoms with Crippen molar-refractivity contribution in [3.05, 3.63) is 28.8 Å². The van der Waals surface area contributed by atoms with Gasteiger partial charge in [-0.2, -0.15) is 0 Å². The SMILES string of the molecule is C#CCN1CCC2=C(C1)c1c(OC(=O)CCCN3CCCCC3)cc(CCC(C)CCCCC)cc1OC2(C)C. The van der Waals surface area contributed by atoms with E-state index >= 15 is 0 Å². The van der Waals surface area contributed by atoms with E-state index in [2.05, 4.69) is 55.5 Å². The maximum absolute atomic E-state index is 13.2. The van der Waals surface area contributed by atoms with E-state index in [0.29, 0.717) is 24.6 Å². The molecule has 0 aromatic heterocycles. The van der Waals surface area contributed by atoms with Crippen LogP contribution in [0.15, 0.2) is 17.7 Å². The van der Waals surface area contributed by atoms with Crippen molar-refractivity contribution in [2.45, 2.75) is 110 Å². The molecule has 0 aliphatic carbocycles. The second-order valence-electron chi connectivity index (χ2n) is 12.8. The van der Waals surface area contributed by atoms with Crippen LogP contribution in [0.1, 0.15) is 109 Å². The molecule has 1 aromatic carbocycles. The number of carbonyl (C=O) groups excluding carboxylic acids is 1. The summed E-state index contributed by atoms with van der Waals surface area (Å²) in [6, 6.07) is 4.32. The second kappa shape index (κ2) is 14.6. The average Bonchev–Trinajstić information content (AvgIpc) is 2.92. The Balaban J connectivity index is 1.56. The first-order valence-corrected chi connectivity index (χ1v) is 16.0. The molecule has 1 aromatic rings. The fourth-order valence-electron chi connectivity index (χ4n) is 6.66. The minimum atomic E-state index is -0.396. The zero-order valence-corrected chi connectivity index (χ0v) is 25.7. The van der Waals surface area contributed by atoms with Crippen LogP contribution in [-0.4, -0.2) is 60.6 Å². The van der Waals surface area contributed by atoms with Gasteiger partial charge in [-0.05, 0) is 107 Å². The van der Waals surface area contributed by atoms with Gasteiger partial charge in [-0.15, -0.1) is 6.42 Å². The molecule has 1 fully saturated rings. The van der Waals surface area contributed by atoms with Crippen molar-refractivity contribution in [1.29, 1.82) is 0 Å². The van der Waals surface area contributed by atoms with E-state index in [1.54, 1.807) is 0 Å². The van der Waals surface area contributed by atoms with Gasteiger partial charge in [0.05, 0.1) is 12.1 Å². The number of carbonyl (C=O) groups is 1. The third kappa shape index (κ3) is 8.14. The predicted molar refractivity (Wildman–Crippen MR) is 165 cm³/mol. The molecule has 0 radical (unpaired) electrons. The van der Waals surface area contributed by atoms with Crippen molar-refractivity contribution in [3.63, 3.8) is 0 Å². The number of fused-ring (bicyclic) bond motifs is 2. The standard InChI is InChI=1S/C35H52N2O3/c1-6-8-10-14-27(3)16-17-28-24-31(39-33(38)15-13-22-36-20-11-9-12-21-36)34-29-26-37(19-7-2)23-18-30(29)35(4,5)40-32(34)25-28/h2,24-25,27H,6,8-23,26H2,1,3-5H3. The Bertz CT molecular complexity index is 1080. The number of hydrogen-bond acceptors (Lipinski definition) is 5. The van der Waals surface area contributed by atoms with E-state index in [1.807, 2.05) is 0 Å². The first-order valence-electron chi connectivity index (χ1n) is 16.0. The highest BCUT2D eigenvalue weighted by atomic mass is 16.5. The molecule has 3 aliphatic rings. The lowest BCUT2D eigenvalue weighted by Gasteiger charge is -2.42. The smallest absolute Gasteiger partial charge is 0.311 e. The normalized spacial score (nSPS) is 19.8. The molecule has 5 nitrogen and oxygen atoms in total. The number of terminal acetylenes is 1. The Morgan fingerprint density at radius 3 is 2.65 bits per heavy atom. The fraction of sp³-hybridized carbons (Fsp3) is 0.686. The molecule has 0 saturated carbocycles. The summed E-state index contributed by atoms with van der Waals surface area (Å²) >= 11 is 0. The summed E-state index contributed by atoms with van der Waals surface area (Å²) in [7, 11) is 0. The lowest BCUT2D eigenvalue weighted by molar-refractivity contribution is -0.134. The zero-order chi connectivity index (χ0) is 28.5. The van der Waals surface area contributed by atoms with Gasteiger partial charge >= 0.3 is 5.97 Å². The van der Waals surface area contributed by atoms with Crippen LogP contribution in [-0.2, 0) is 11.2 Å². The molecule has 5 heteroatoms. The Kier molecular flexibility index (Phi) is 11.2. The van der Waals surface area contributed by atoms with E-state index in [0.717, 1.165) is 69.7 Å². The van der Waals surface area contributed by atoms with E-state index in [-0.39, 0.29) is 5.97 Å². The second-order valence-corrected chi connectivity index (χ2v) is 12.8. The minimum absolute atomic E-state index is 0.146. The number of ether oxygens (including phenoxy) is 2. The Labute approximate surface area is 243 Å². The highest BCUT2D eigenvalue weighted by Gasteiger charge is 2.39. The van der Waals surface area contributed by atoms with Crippen molar-refractivity contribution >= 4 is 11.5 Å². The highest BCUT2D eigenvalue weighted by Crippen LogP contribution is 2.48. The zero-order valence-electron chi connectivity index (χ0n) is 25.7. The topological polar surface area (TPSA) is 42.0 Å². The van der Waals surface area contributed by atoms with Crippen LogP contribution in [0.2, 0.25) is 0 Å². The number of rotatable bonds is 13. The van der Waals surface area contributed by atoms with Crippen LogP contribution in [0.3, 0.4) is 0 Å². The lowest BCUT2D eigenvalue weighted by atomic mass is 9.81.